The standard InChI is InChI=1S/C13H21NO3/c1-10(4-5-15)14-9-11-6-12(16-2)8-13(7-11)17-3/h6-8,10,14-15H,4-5,9H2,1-3H3. The number of ether oxygens (including phenoxy) is 2. The number of benzene rings is 1. The molecule has 0 bridgehead atoms. The second-order valence-electron chi connectivity index (χ2n) is 4.02. The van der Waals surface area contributed by atoms with E-state index in [-0.39, 0.29) is 12.6 Å². The molecule has 0 radical (unpaired) electrons. The van der Waals surface area contributed by atoms with Gasteiger partial charge in [-0.1, -0.05) is 0 Å². The minimum Gasteiger partial charge on any atom is -0.497 e. The normalized spacial score (nSPS) is 12.2. The molecule has 0 spiro atoms. The van der Waals surface area contributed by atoms with E-state index in [9.17, 15) is 0 Å². The Balaban J connectivity index is 2.63. The Labute approximate surface area is 103 Å². The highest BCUT2D eigenvalue weighted by Gasteiger charge is 2.04. The highest BCUT2D eigenvalue weighted by atomic mass is 16.5. The smallest absolute Gasteiger partial charge is 0.122 e. The van der Waals surface area contributed by atoms with Gasteiger partial charge in [-0.05, 0) is 31.0 Å². The van der Waals surface area contributed by atoms with Gasteiger partial charge >= 0.3 is 0 Å². The van der Waals surface area contributed by atoms with Gasteiger partial charge in [-0.25, -0.2) is 0 Å². The van der Waals surface area contributed by atoms with Crippen LogP contribution in [0, 0.1) is 0 Å². The molecule has 0 aliphatic rings. The fourth-order valence-electron chi connectivity index (χ4n) is 1.56. The molecule has 1 aromatic rings. The largest absolute Gasteiger partial charge is 0.497 e. The fourth-order valence-corrected chi connectivity index (χ4v) is 1.56. The highest BCUT2D eigenvalue weighted by molar-refractivity contribution is 5.38. The molecule has 1 rings (SSSR count). The zero-order valence-electron chi connectivity index (χ0n) is 10.7. The van der Waals surface area contributed by atoms with Gasteiger partial charge in [0.15, 0.2) is 0 Å². The van der Waals surface area contributed by atoms with Crippen LogP contribution in [0.5, 0.6) is 11.5 Å². The van der Waals surface area contributed by atoms with E-state index in [0.29, 0.717) is 0 Å². The van der Waals surface area contributed by atoms with Crippen LogP contribution in [0.3, 0.4) is 0 Å². The van der Waals surface area contributed by atoms with Gasteiger partial charge in [-0.2, -0.15) is 0 Å². The SMILES string of the molecule is COc1cc(CNC(C)CCO)cc(OC)c1. The summed E-state index contributed by atoms with van der Waals surface area (Å²) in [5, 5.41) is 12.1. The molecule has 2 N–H and O–H groups in total. The average molecular weight is 239 g/mol. The zero-order chi connectivity index (χ0) is 12.7. The minimum atomic E-state index is 0.204. The predicted molar refractivity (Wildman–Crippen MR) is 67.6 cm³/mol. The molecule has 1 atom stereocenters. The lowest BCUT2D eigenvalue weighted by Crippen LogP contribution is -2.26. The first-order chi connectivity index (χ1) is 8.19. The lowest BCUT2D eigenvalue weighted by molar-refractivity contribution is 0.268. The second-order valence-corrected chi connectivity index (χ2v) is 4.02. The number of methoxy groups -OCH3 is 2. The van der Waals surface area contributed by atoms with Crippen molar-refractivity contribution in [2.45, 2.75) is 25.9 Å². The van der Waals surface area contributed by atoms with Crippen LogP contribution in [0.25, 0.3) is 0 Å². The summed E-state index contributed by atoms with van der Waals surface area (Å²) < 4.78 is 10.4. The Morgan fingerprint density at radius 1 is 1.18 bits per heavy atom. The maximum absolute atomic E-state index is 8.82. The molecule has 0 fully saturated rings. The summed E-state index contributed by atoms with van der Waals surface area (Å²) in [4.78, 5) is 0. The van der Waals surface area contributed by atoms with Crippen molar-refractivity contribution in [3.63, 3.8) is 0 Å². The van der Waals surface area contributed by atoms with Crippen LogP contribution in [0.15, 0.2) is 18.2 Å². The number of hydrogen-bond donors (Lipinski definition) is 2. The molecule has 1 unspecified atom stereocenters. The van der Waals surface area contributed by atoms with Crippen LogP contribution in [-0.2, 0) is 6.54 Å². The second kappa shape index (κ2) is 7.14. The van der Waals surface area contributed by atoms with E-state index < -0.39 is 0 Å². The maximum Gasteiger partial charge on any atom is 0.122 e. The first-order valence-corrected chi connectivity index (χ1v) is 5.75. The van der Waals surface area contributed by atoms with Crippen LogP contribution >= 0.6 is 0 Å². The number of rotatable bonds is 7. The number of aliphatic hydroxyl groups is 1. The molecule has 0 saturated heterocycles. The molecule has 4 heteroatoms. The van der Waals surface area contributed by atoms with Gasteiger partial charge in [-0.15, -0.1) is 0 Å². The Morgan fingerprint density at radius 3 is 2.24 bits per heavy atom. The average Bonchev–Trinajstić information content (AvgIpc) is 2.36. The summed E-state index contributed by atoms with van der Waals surface area (Å²) in [6.45, 7) is 2.98. The Morgan fingerprint density at radius 2 is 1.76 bits per heavy atom. The van der Waals surface area contributed by atoms with Crippen LogP contribution in [0.4, 0.5) is 0 Å². The lowest BCUT2D eigenvalue weighted by atomic mass is 10.1. The molecule has 1 aromatic carbocycles. The quantitative estimate of drug-likeness (QED) is 0.758. The molecule has 17 heavy (non-hydrogen) atoms. The van der Waals surface area contributed by atoms with Gasteiger partial charge < -0.3 is 19.9 Å². The third-order valence-corrected chi connectivity index (χ3v) is 2.63. The lowest BCUT2D eigenvalue weighted by Gasteiger charge is -2.13. The van der Waals surface area contributed by atoms with Crippen LogP contribution in [0.1, 0.15) is 18.9 Å². The van der Waals surface area contributed by atoms with Crippen molar-refractivity contribution < 1.29 is 14.6 Å². The molecule has 0 aliphatic carbocycles. The van der Waals surface area contributed by atoms with E-state index in [4.69, 9.17) is 14.6 Å². The van der Waals surface area contributed by atoms with E-state index in [1.165, 1.54) is 0 Å². The Kier molecular flexibility index (Phi) is 5.80. The maximum atomic E-state index is 8.82. The number of nitrogens with one attached hydrogen (secondary N) is 1. The molecule has 0 heterocycles. The number of aliphatic hydroxyl groups excluding tert-OH is 1. The Bertz CT molecular complexity index is 319. The van der Waals surface area contributed by atoms with E-state index in [2.05, 4.69) is 5.32 Å². The molecular formula is C13H21NO3. The monoisotopic (exact) mass is 239 g/mol. The van der Waals surface area contributed by atoms with Crippen molar-refractivity contribution >= 4 is 0 Å². The van der Waals surface area contributed by atoms with Crippen molar-refractivity contribution in [3.05, 3.63) is 23.8 Å². The van der Waals surface area contributed by atoms with Crippen LogP contribution in [0.2, 0.25) is 0 Å². The zero-order valence-corrected chi connectivity index (χ0v) is 10.7. The van der Waals surface area contributed by atoms with E-state index in [0.717, 1.165) is 30.0 Å². The van der Waals surface area contributed by atoms with E-state index >= 15 is 0 Å². The first kappa shape index (κ1) is 13.8. The van der Waals surface area contributed by atoms with Crippen molar-refractivity contribution in [3.8, 4) is 11.5 Å². The third kappa shape index (κ3) is 4.63. The first-order valence-electron chi connectivity index (χ1n) is 5.75. The summed E-state index contributed by atoms with van der Waals surface area (Å²) in [5.41, 5.74) is 1.10. The van der Waals surface area contributed by atoms with Crippen molar-refractivity contribution in [2.75, 3.05) is 20.8 Å². The predicted octanol–water partition coefficient (Wildman–Crippen LogP) is 1.56. The van der Waals surface area contributed by atoms with Crippen molar-refractivity contribution in [2.24, 2.45) is 0 Å². The summed E-state index contributed by atoms with van der Waals surface area (Å²) >= 11 is 0. The van der Waals surface area contributed by atoms with Gasteiger partial charge in [0.05, 0.1) is 14.2 Å². The minimum absolute atomic E-state index is 0.204. The van der Waals surface area contributed by atoms with Gasteiger partial charge in [0.2, 0.25) is 0 Å². The van der Waals surface area contributed by atoms with Crippen molar-refractivity contribution in [1.82, 2.24) is 5.32 Å². The fraction of sp³-hybridized carbons (Fsp3) is 0.538. The molecule has 0 saturated carbocycles. The number of hydrogen-bond acceptors (Lipinski definition) is 4. The van der Waals surface area contributed by atoms with E-state index in [1.807, 2.05) is 25.1 Å². The topological polar surface area (TPSA) is 50.7 Å². The molecule has 0 amide bonds. The summed E-state index contributed by atoms with van der Waals surface area (Å²) in [7, 11) is 3.28. The molecule has 4 nitrogen and oxygen atoms in total. The summed E-state index contributed by atoms with van der Waals surface area (Å²) in [6.07, 6.45) is 0.751. The molecule has 0 aliphatic heterocycles. The van der Waals surface area contributed by atoms with Gasteiger partial charge in [0, 0.05) is 25.3 Å². The van der Waals surface area contributed by atoms with Crippen molar-refractivity contribution in [1.29, 1.82) is 0 Å². The van der Waals surface area contributed by atoms with Crippen LogP contribution in [-0.4, -0.2) is 32.0 Å². The van der Waals surface area contributed by atoms with E-state index in [1.54, 1.807) is 14.2 Å². The van der Waals surface area contributed by atoms with Crippen LogP contribution < -0.4 is 14.8 Å². The summed E-state index contributed by atoms with van der Waals surface area (Å²) in [5.74, 6) is 1.58. The highest BCUT2D eigenvalue weighted by Crippen LogP contribution is 2.22. The van der Waals surface area contributed by atoms with Gasteiger partial charge in [-0.3, -0.25) is 0 Å². The molecular weight excluding hydrogens is 218 g/mol. The third-order valence-electron chi connectivity index (χ3n) is 2.63. The Hall–Kier alpha value is -1.26. The van der Waals surface area contributed by atoms with Gasteiger partial charge in [0.25, 0.3) is 0 Å². The molecule has 0 aromatic heterocycles. The summed E-state index contributed by atoms with van der Waals surface area (Å²) in [6, 6.07) is 6.08. The van der Waals surface area contributed by atoms with Gasteiger partial charge in [0.1, 0.15) is 11.5 Å². The molecule has 96 valence electrons.